The van der Waals surface area contributed by atoms with Crippen molar-refractivity contribution in [3.63, 3.8) is 0 Å². The van der Waals surface area contributed by atoms with Crippen LogP contribution in [0, 0.1) is 17.8 Å². The van der Waals surface area contributed by atoms with Gasteiger partial charge in [0.05, 0.1) is 0 Å². The Morgan fingerprint density at radius 3 is 2.40 bits per heavy atom. The van der Waals surface area contributed by atoms with Crippen molar-refractivity contribution in [1.82, 2.24) is 0 Å². The van der Waals surface area contributed by atoms with E-state index >= 15 is 0 Å². The molecule has 0 amide bonds. The summed E-state index contributed by atoms with van der Waals surface area (Å²) in [5.41, 5.74) is 0. The van der Waals surface area contributed by atoms with Crippen LogP contribution in [-0.4, -0.2) is 33.6 Å². The molecule has 1 fully saturated rings. The van der Waals surface area contributed by atoms with Crippen molar-refractivity contribution in [2.45, 2.75) is 12.8 Å². The maximum atomic E-state index is 10.4. The summed E-state index contributed by atoms with van der Waals surface area (Å²) in [5.74, 6) is 1.71. The van der Waals surface area contributed by atoms with E-state index in [1.54, 1.807) is 0 Å². The molecule has 1 nitrogen and oxygen atoms in total. The zero-order chi connectivity index (χ0) is 6.27. The summed E-state index contributed by atoms with van der Waals surface area (Å²) in [7, 11) is 0. The first-order valence-corrected chi connectivity index (χ1v) is 3.54. The number of carbonyl (C=O) groups excluding carboxylic acids is 1. The van der Waals surface area contributed by atoms with E-state index < -0.39 is 0 Å². The van der Waals surface area contributed by atoms with E-state index in [2.05, 4.69) is 12.2 Å². The van der Waals surface area contributed by atoms with Crippen molar-refractivity contribution in [2.24, 2.45) is 17.8 Å². The van der Waals surface area contributed by atoms with Gasteiger partial charge in [-0.3, -0.25) is 0 Å². The molecule has 2 heteroatoms. The minimum absolute atomic E-state index is 0. The molecule has 2 bridgehead atoms. The Labute approximate surface area is 81.0 Å². The SMILES string of the molecule is O=CC1CC2C=CC1C2.[PbH2]. The molecule has 54 valence electrons. The fourth-order valence-electron chi connectivity index (χ4n) is 1.98. The van der Waals surface area contributed by atoms with Gasteiger partial charge in [0, 0.05) is 5.92 Å². The van der Waals surface area contributed by atoms with Crippen molar-refractivity contribution in [3.8, 4) is 0 Å². The first-order chi connectivity index (χ1) is 4.40. The van der Waals surface area contributed by atoms with Gasteiger partial charge in [-0.15, -0.1) is 0 Å². The fraction of sp³-hybridized carbons (Fsp3) is 0.625. The van der Waals surface area contributed by atoms with Crippen molar-refractivity contribution >= 4 is 33.6 Å². The molecule has 0 N–H and O–H groups in total. The quantitative estimate of drug-likeness (QED) is 0.388. The summed E-state index contributed by atoms with van der Waals surface area (Å²) in [6.45, 7) is 0. The van der Waals surface area contributed by atoms with E-state index in [9.17, 15) is 4.79 Å². The number of hydrogen-bond donors (Lipinski definition) is 0. The summed E-state index contributed by atoms with van der Waals surface area (Å²) < 4.78 is 0. The molecule has 0 aromatic heterocycles. The average Bonchev–Trinajstić information content (AvgIpc) is 2.45. The van der Waals surface area contributed by atoms with E-state index in [0.29, 0.717) is 11.8 Å². The summed E-state index contributed by atoms with van der Waals surface area (Å²) in [5, 5.41) is 0. The minimum atomic E-state index is 0. The van der Waals surface area contributed by atoms with Gasteiger partial charge in [0.2, 0.25) is 0 Å². The maximum absolute atomic E-state index is 10.4. The molecular formula is C8H12OPb. The molecule has 1 saturated carbocycles. The molecule has 2 radical (unpaired) electrons. The second-order valence-corrected chi connectivity index (χ2v) is 3.08. The molecule has 0 aliphatic heterocycles. The Balaban J connectivity index is 0.000000500. The predicted octanol–water partition coefficient (Wildman–Crippen LogP) is 0.481. The second-order valence-electron chi connectivity index (χ2n) is 3.08. The van der Waals surface area contributed by atoms with Crippen molar-refractivity contribution in [2.75, 3.05) is 0 Å². The number of fused-ring (bicyclic) bond motifs is 2. The van der Waals surface area contributed by atoms with Crippen molar-refractivity contribution in [1.29, 1.82) is 0 Å². The van der Waals surface area contributed by atoms with Gasteiger partial charge in [0.15, 0.2) is 0 Å². The third kappa shape index (κ3) is 1.20. The molecule has 0 saturated heterocycles. The van der Waals surface area contributed by atoms with Crippen LogP contribution in [0.5, 0.6) is 0 Å². The van der Waals surface area contributed by atoms with E-state index in [1.165, 1.54) is 6.42 Å². The third-order valence-electron chi connectivity index (χ3n) is 2.51. The van der Waals surface area contributed by atoms with Gasteiger partial charge in [0.25, 0.3) is 0 Å². The van der Waals surface area contributed by atoms with Gasteiger partial charge in [-0.2, -0.15) is 0 Å². The van der Waals surface area contributed by atoms with Gasteiger partial charge < -0.3 is 4.79 Å². The molecule has 2 rings (SSSR count). The second kappa shape index (κ2) is 3.15. The summed E-state index contributed by atoms with van der Waals surface area (Å²) in [6, 6.07) is 0. The number of allylic oxidation sites excluding steroid dienone is 2. The van der Waals surface area contributed by atoms with Gasteiger partial charge in [0.1, 0.15) is 6.29 Å². The summed E-state index contributed by atoms with van der Waals surface area (Å²) in [6.07, 6.45) is 7.93. The fourth-order valence-corrected chi connectivity index (χ4v) is 1.98. The Kier molecular flexibility index (Phi) is 2.66. The van der Waals surface area contributed by atoms with Gasteiger partial charge >= 0.3 is 27.3 Å². The number of aldehydes is 1. The van der Waals surface area contributed by atoms with Crippen molar-refractivity contribution in [3.05, 3.63) is 12.2 Å². The van der Waals surface area contributed by atoms with Crippen molar-refractivity contribution < 1.29 is 4.79 Å². The topological polar surface area (TPSA) is 17.1 Å². The molecule has 0 aromatic carbocycles. The normalized spacial score (nSPS) is 41.4. The molecule has 0 aromatic rings. The van der Waals surface area contributed by atoms with Crippen LogP contribution in [0.4, 0.5) is 0 Å². The molecule has 10 heavy (non-hydrogen) atoms. The summed E-state index contributed by atoms with van der Waals surface area (Å²) >= 11 is 0. The molecule has 3 atom stereocenters. The van der Waals surface area contributed by atoms with Crippen LogP contribution >= 0.6 is 0 Å². The zero-order valence-electron chi connectivity index (χ0n) is 5.99. The van der Waals surface area contributed by atoms with Crippen LogP contribution < -0.4 is 0 Å². The Morgan fingerprint density at radius 1 is 1.30 bits per heavy atom. The first kappa shape index (κ1) is 8.43. The van der Waals surface area contributed by atoms with Gasteiger partial charge in [-0.1, -0.05) is 12.2 Å². The van der Waals surface area contributed by atoms with Crippen LogP contribution in [0.2, 0.25) is 0 Å². The third-order valence-corrected chi connectivity index (χ3v) is 2.51. The Bertz CT molecular complexity index is 165. The Hall–Kier alpha value is 0.332. The van der Waals surface area contributed by atoms with Crippen LogP contribution in [0.15, 0.2) is 12.2 Å². The van der Waals surface area contributed by atoms with Crippen LogP contribution in [0.1, 0.15) is 12.8 Å². The molecule has 2 aliphatic rings. The average molecular weight is 331 g/mol. The van der Waals surface area contributed by atoms with Crippen LogP contribution in [-0.2, 0) is 4.79 Å². The molecule has 2 aliphatic carbocycles. The van der Waals surface area contributed by atoms with Crippen LogP contribution in [0.3, 0.4) is 0 Å². The molecule has 0 spiro atoms. The van der Waals surface area contributed by atoms with E-state index in [4.69, 9.17) is 0 Å². The number of carbonyl (C=O) groups is 1. The monoisotopic (exact) mass is 332 g/mol. The van der Waals surface area contributed by atoms with Gasteiger partial charge in [-0.25, -0.2) is 0 Å². The Morgan fingerprint density at radius 2 is 2.10 bits per heavy atom. The standard InChI is InChI=1S/C8H10O.Pb.2H/c9-5-8-4-6-1-2-7(8)3-6;;;/h1-2,5-8H,3-4H2;;;. The zero-order valence-corrected chi connectivity index (χ0v) is 11.5. The van der Waals surface area contributed by atoms with Gasteiger partial charge in [-0.05, 0) is 24.7 Å². The number of rotatable bonds is 1. The predicted molar refractivity (Wildman–Crippen MR) is 43.5 cm³/mol. The van der Waals surface area contributed by atoms with Crippen LogP contribution in [0.25, 0.3) is 0 Å². The first-order valence-electron chi connectivity index (χ1n) is 3.54. The van der Waals surface area contributed by atoms with E-state index in [1.807, 2.05) is 0 Å². The van der Waals surface area contributed by atoms with E-state index in [0.717, 1.165) is 18.6 Å². The molecule has 0 heterocycles. The molecular weight excluding hydrogens is 319 g/mol. The summed E-state index contributed by atoms with van der Waals surface area (Å²) in [4.78, 5) is 10.4. The molecule has 3 unspecified atom stereocenters. The van der Waals surface area contributed by atoms with E-state index in [-0.39, 0.29) is 27.3 Å². The number of hydrogen-bond acceptors (Lipinski definition) is 1.